The van der Waals surface area contributed by atoms with Gasteiger partial charge in [-0.2, -0.15) is 5.26 Å². The zero-order valence-electron chi connectivity index (χ0n) is 18.9. The molecule has 1 aromatic carbocycles. The minimum Gasteiger partial charge on any atom is -0.381 e. The zero-order chi connectivity index (χ0) is 23.5. The number of aromatic nitrogens is 3. The van der Waals surface area contributed by atoms with Gasteiger partial charge >= 0.3 is 0 Å². The van der Waals surface area contributed by atoms with Crippen molar-refractivity contribution in [2.45, 2.75) is 32.2 Å². The van der Waals surface area contributed by atoms with Crippen molar-refractivity contribution in [2.24, 2.45) is 5.92 Å². The average Bonchev–Trinajstić information content (AvgIpc) is 3.52. The molecule has 174 valence electrons. The first-order valence-electron chi connectivity index (χ1n) is 11.7. The maximum absolute atomic E-state index is 13.0. The number of benzene rings is 1. The molecule has 1 unspecified atom stereocenters. The van der Waals surface area contributed by atoms with Crippen molar-refractivity contribution in [3.8, 4) is 6.07 Å². The van der Waals surface area contributed by atoms with Crippen LogP contribution in [0, 0.1) is 17.2 Å². The van der Waals surface area contributed by atoms with Gasteiger partial charge in [0.2, 0.25) is 5.95 Å². The summed E-state index contributed by atoms with van der Waals surface area (Å²) in [6, 6.07) is 10.3. The number of fused-ring (bicyclic) bond motifs is 1. The summed E-state index contributed by atoms with van der Waals surface area (Å²) >= 11 is 0. The summed E-state index contributed by atoms with van der Waals surface area (Å²) in [6.07, 6.45) is 5.70. The predicted molar refractivity (Wildman–Crippen MR) is 125 cm³/mol. The molecule has 0 bridgehead atoms. The minimum atomic E-state index is -0.360. The van der Waals surface area contributed by atoms with Crippen LogP contribution in [-0.2, 0) is 11.3 Å². The number of pyridine rings is 1. The number of hydrogen-bond acceptors (Lipinski definition) is 6. The van der Waals surface area contributed by atoms with Crippen LogP contribution in [0.25, 0.3) is 11.2 Å². The molecule has 2 saturated heterocycles. The first kappa shape index (κ1) is 22.0. The van der Waals surface area contributed by atoms with Crippen LogP contribution in [0.3, 0.4) is 0 Å². The molecule has 2 amide bonds. The molecule has 4 heterocycles. The Morgan fingerprint density at radius 3 is 2.79 bits per heavy atom. The molecule has 2 aliphatic heterocycles. The highest BCUT2D eigenvalue weighted by atomic mass is 16.5. The molecule has 0 spiro atoms. The summed E-state index contributed by atoms with van der Waals surface area (Å²) in [5, 5.41) is 12.0. The monoisotopic (exact) mass is 458 g/mol. The van der Waals surface area contributed by atoms with Crippen LogP contribution in [-0.4, -0.2) is 57.6 Å². The lowest BCUT2D eigenvalue weighted by Crippen LogP contribution is -2.35. The van der Waals surface area contributed by atoms with Crippen molar-refractivity contribution < 1.29 is 14.3 Å². The fourth-order valence-corrected chi connectivity index (χ4v) is 4.57. The highest BCUT2D eigenvalue weighted by Gasteiger charge is 2.24. The standard InChI is InChI=1S/C25H26N6O3/c26-13-17-5-4-6-19(11-17)23(32)29-25-28-21-12-20(24(33)30-8-2-1-3-9-30)14-27-22(21)31(25)15-18-7-10-34-16-18/h4-6,11-12,14,18H,1-3,7-10,15-16H2,(H,28,29,32). The normalized spacial score (nSPS) is 18.1. The molecule has 0 saturated carbocycles. The Morgan fingerprint density at radius 2 is 2.03 bits per heavy atom. The summed E-state index contributed by atoms with van der Waals surface area (Å²) in [5.74, 6) is 0.253. The van der Waals surface area contributed by atoms with E-state index in [-0.39, 0.29) is 17.7 Å². The van der Waals surface area contributed by atoms with Crippen molar-refractivity contribution in [1.82, 2.24) is 19.4 Å². The number of likely N-dealkylation sites (tertiary alicyclic amines) is 1. The molecular formula is C25H26N6O3. The van der Waals surface area contributed by atoms with Crippen molar-refractivity contribution in [1.29, 1.82) is 5.26 Å². The first-order valence-corrected chi connectivity index (χ1v) is 11.7. The SMILES string of the molecule is N#Cc1cccc(C(=O)Nc2nc3cc(C(=O)N4CCCCC4)cnc3n2CC2CCOC2)c1. The highest BCUT2D eigenvalue weighted by molar-refractivity contribution is 6.04. The fraction of sp³-hybridized carbons (Fsp3) is 0.400. The number of nitrogens with zero attached hydrogens (tertiary/aromatic N) is 5. The zero-order valence-corrected chi connectivity index (χ0v) is 18.9. The van der Waals surface area contributed by atoms with Gasteiger partial charge in [0.15, 0.2) is 5.65 Å². The maximum atomic E-state index is 13.0. The van der Waals surface area contributed by atoms with Gasteiger partial charge in [0.1, 0.15) is 5.52 Å². The van der Waals surface area contributed by atoms with Gasteiger partial charge in [0.25, 0.3) is 11.8 Å². The van der Waals surface area contributed by atoms with E-state index in [0.29, 0.717) is 53.6 Å². The average molecular weight is 459 g/mol. The molecule has 5 rings (SSSR count). The lowest BCUT2D eigenvalue weighted by molar-refractivity contribution is 0.0724. The molecule has 0 radical (unpaired) electrons. The Bertz CT molecular complexity index is 1270. The highest BCUT2D eigenvalue weighted by Crippen LogP contribution is 2.25. The van der Waals surface area contributed by atoms with Crippen molar-refractivity contribution in [2.75, 3.05) is 31.6 Å². The van der Waals surface area contributed by atoms with E-state index in [9.17, 15) is 9.59 Å². The third-order valence-corrected chi connectivity index (χ3v) is 6.42. The lowest BCUT2D eigenvalue weighted by Gasteiger charge is -2.26. The van der Waals surface area contributed by atoms with Gasteiger partial charge in [-0.25, -0.2) is 9.97 Å². The van der Waals surface area contributed by atoms with Gasteiger partial charge in [-0.05, 0) is 49.9 Å². The molecule has 1 atom stereocenters. The number of hydrogen-bond donors (Lipinski definition) is 1. The molecule has 0 aliphatic carbocycles. The molecular weight excluding hydrogens is 432 g/mol. The third-order valence-electron chi connectivity index (χ3n) is 6.42. The second-order valence-electron chi connectivity index (χ2n) is 8.84. The molecule has 2 fully saturated rings. The maximum Gasteiger partial charge on any atom is 0.258 e. The number of anilines is 1. The Kier molecular flexibility index (Phi) is 6.23. The lowest BCUT2D eigenvalue weighted by atomic mass is 10.1. The van der Waals surface area contributed by atoms with Crippen molar-refractivity contribution >= 4 is 28.9 Å². The van der Waals surface area contributed by atoms with Gasteiger partial charge in [0.05, 0.1) is 23.8 Å². The number of carbonyl (C=O) groups excluding carboxylic acids is 2. The van der Waals surface area contributed by atoms with Crippen LogP contribution < -0.4 is 5.32 Å². The molecule has 2 aliphatic rings. The largest absolute Gasteiger partial charge is 0.381 e. The van der Waals surface area contributed by atoms with Gasteiger partial charge in [-0.1, -0.05) is 6.07 Å². The van der Waals surface area contributed by atoms with E-state index >= 15 is 0 Å². The van der Waals surface area contributed by atoms with Crippen LogP contribution in [0.4, 0.5) is 5.95 Å². The number of amides is 2. The molecule has 9 heteroatoms. The molecule has 9 nitrogen and oxygen atoms in total. The van der Waals surface area contributed by atoms with Crippen LogP contribution >= 0.6 is 0 Å². The van der Waals surface area contributed by atoms with Gasteiger partial charge < -0.3 is 9.64 Å². The molecule has 1 N–H and O–H groups in total. The second kappa shape index (κ2) is 9.61. The quantitative estimate of drug-likeness (QED) is 0.628. The van der Waals surface area contributed by atoms with Gasteiger partial charge in [0, 0.05) is 43.9 Å². The van der Waals surface area contributed by atoms with E-state index in [2.05, 4.69) is 21.4 Å². The third kappa shape index (κ3) is 4.50. The number of carbonyl (C=O) groups is 2. The Labute approximate surface area is 197 Å². The summed E-state index contributed by atoms with van der Waals surface area (Å²) in [5.41, 5.74) is 2.46. The predicted octanol–water partition coefficient (Wildman–Crippen LogP) is 3.22. The Morgan fingerprint density at radius 1 is 1.18 bits per heavy atom. The summed E-state index contributed by atoms with van der Waals surface area (Å²) in [6.45, 7) is 3.47. The number of imidazole rings is 1. The van der Waals surface area contributed by atoms with Crippen molar-refractivity contribution in [3.05, 3.63) is 53.2 Å². The van der Waals surface area contributed by atoms with E-state index in [1.807, 2.05) is 9.47 Å². The number of piperidine rings is 1. The molecule has 2 aromatic heterocycles. The molecule has 3 aromatic rings. The van der Waals surface area contributed by atoms with E-state index in [1.165, 1.54) is 0 Å². The van der Waals surface area contributed by atoms with E-state index in [1.54, 1.807) is 36.5 Å². The number of nitrogens with one attached hydrogen (secondary N) is 1. The smallest absolute Gasteiger partial charge is 0.258 e. The second-order valence-corrected chi connectivity index (χ2v) is 8.84. The van der Waals surface area contributed by atoms with Crippen molar-refractivity contribution in [3.63, 3.8) is 0 Å². The summed E-state index contributed by atoms with van der Waals surface area (Å²) in [7, 11) is 0. The van der Waals surface area contributed by atoms with E-state index in [0.717, 1.165) is 38.8 Å². The minimum absolute atomic E-state index is 0.0354. The summed E-state index contributed by atoms with van der Waals surface area (Å²) in [4.78, 5) is 37.0. The number of nitriles is 1. The van der Waals surface area contributed by atoms with E-state index < -0.39 is 0 Å². The van der Waals surface area contributed by atoms with Gasteiger partial charge in [-0.3, -0.25) is 19.5 Å². The Hall–Kier alpha value is -3.77. The first-order chi connectivity index (χ1) is 16.6. The topological polar surface area (TPSA) is 113 Å². The Balaban J connectivity index is 1.47. The van der Waals surface area contributed by atoms with Crippen LogP contribution in [0.15, 0.2) is 36.5 Å². The summed E-state index contributed by atoms with van der Waals surface area (Å²) < 4.78 is 7.41. The number of rotatable bonds is 5. The van der Waals surface area contributed by atoms with Gasteiger partial charge in [-0.15, -0.1) is 0 Å². The van der Waals surface area contributed by atoms with Crippen LogP contribution in [0.2, 0.25) is 0 Å². The fourth-order valence-electron chi connectivity index (χ4n) is 4.57. The van der Waals surface area contributed by atoms with E-state index in [4.69, 9.17) is 10.00 Å². The van der Waals surface area contributed by atoms with Crippen LogP contribution in [0.1, 0.15) is 52.0 Å². The van der Waals surface area contributed by atoms with Crippen LogP contribution in [0.5, 0.6) is 0 Å². The number of ether oxygens (including phenoxy) is 1. The molecule has 34 heavy (non-hydrogen) atoms.